The highest BCUT2D eigenvalue weighted by atomic mass is 28.3. The maximum Gasteiger partial charge on any atom is 0.119 e. The van der Waals surface area contributed by atoms with E-state index in [-0.39, 0.29) is 0 Å². The Bertz CT molecular complexity index is 374. The highest BCUT2D eigenvalue weighted by Gasteiger charge is 2.05. The van der Waals surface area contributed by atoms with Crippen LogP contribution in [0.4, 0.5) is 5.69 Å². The standard InChI is InChI=1S/C13H19NOSi/c1-15-13-8-6-12(7-9-13)14-10-5-11-16(2,3)4/h5-11H,1-4H3/b11-5+,14-10?. The number of benzene rings is 1. The summed E-state index contributed by atoms with van der Waals surface area (Å²) in [6, 6.07) is 7.71. The summed E-state index contributed by atoms with van der Waals surface area (Å²) in [6.45, 7) is 6.89. The minimum atomic E-state index is -1.10. The Morgan fingerprint density at radius 2 is 1.75 bits per heavy atom. The largest absolute Gasteiger partial charge is 0.497 e. The summed E-state index contributed by atoms with van der Waals surface area (Å²) in [6.07, 6.45) is 3.89. The molecule has 0 unspecified atom stereocenters. The van der Waals surface area contributed by atoms with E-state index in [9.17, 15) is 0 Å². The molecule has 0 aliphatic rings. The first-order chi connectivity index (χ1) is 7.51. The predicted octanol–water partition coefficient (Wildman–Crippen LogP) is 3.83. The fourth-order valence-electron chi connectivity index (χ4n) is 1.13. The smallest absolute Gasteiger partial charge is 0.119 e. The van der Waals surface area contributed by atoms with Gasteiger partial charge in [0.2, 0.25) is 0 Å². The molecule has 1 aromatic rings. The molecule has 0 saturated heterocycles. The second-order valence-corrected chi connectivity index (χ2v) is 9.77. The fourth-order valence-corrected chi connectivity index (χ4v) is 1.79. The maximum absolute atomic E-state index is 5.08. The third-order valence-corrected chi connectivity index (χ3v) is 3.17. The van der Waals surface area contributed by atoms with Crippen molar-refractivity contribution in [2.75, 3.05) is 7.11 Å². The Morgan fingerprint density at radius 1 is 1.12 bits per heavy atom. The molecule has 3 heteroatoms. The molecule has 16 heavy (non-hydrogen) atoms. The van der Waals surface area contributed by atoms with Gasteiger partial charge in [-0.05, 0) is 24.3 Å². The summed E-state index contributed by atoms with van der Waals surface area (Å²) >= 11 is 0. The molecule has 0 bridgehead atoms. The predicted molar refractivity (Wildman–Crippen MR) is 73.6 cm³/mol. The number of aliphatic imine (C=N–C) groups is 1. The van der Waals surface area contributed by atoms with E-state index >= 15 is 0 Å². The van der Waals surface area contributed by atoms with Crippen molar-refractivity contribution >= 4 is 20.0 Å². The summed E-state index contributed by atoms with van der Waals surface area (Å²) in [5, 5.41) is 0. The SMILES string of the molecule is COc1ccc(N=C/C=C/[Si](C)(C)C)cc1. The van der Waals surface area contributed by atoms with E-state index in [1.54, 1.807) is 7.11 Å². The Hall–Kier alpha value is -1.35. The molecular weight excluding hydrogens is 214 g/mol. The van der Waals surface area contributed by atoms with Gasteiger partial charge < -0.3 is 4.74 Å². The summed E-state index contributed by atoms with van der Waals surface area (Å²) < 4.78 is 5.08. The number of hydrogen-bond donors (Lipinski definition) is 0. The molecule has 0 aromatic heterocycles. The van der Waals surface area contributed by atoms with Crippen LogP contribution >= 0.6 is 0 Å². The summed E-state index contributed by atoms with van der Waals surface area (Å²) in [5.41, 5.74) is 3.21. The van der Waals surface area contributed by atoms with Crippen molar-refractivity contribution < 1.29 is 4.74 Å². The molecule has 0 radical (unpaired) electrons. The first-order valence-corrected chi connectivity index (χ1v) is 8.95. The molecule has 0 fully saturated rings. The van der Waals surface area contributed by atoms with Crippen molar-refractivity contribution in [1.82, 2.24) is 0 Å². The van der Waals surface area contributed by atoms with E-state index in [0.717, 1.165) is 11.4 Å². The van der Waals surface area contributed by atoms with Crippen molar-refractivity contribution in [3.8, 4) is 5.75 Å². The van der Waals surface area contributed by atoms with Gasteiger partial charge in [0.25, 0.3) is 0 Å². The molecule has 0 aliphatic heterocycles. The molecule has 0 aliphatic carbocycles. The molecule has 0 atom stereocenters. The summed E-state index contributed by atoms with van der Waals surface area (Å²) in [4.78, 5) is 4.34. The Morgan fingerprint density at radius 3 is 2.25 bits per heavy atom. The lowest BCUT2D eigenvalue weighted by molar-refractivity contribution is 0.415. The van der Waals surface area contributed by atoms with Crippen molar-refractivity contribution in [1.29, 1.82) is 0 Å². The van der Waals surface area contributed by atoms with E-state index in [2.05, 4.69) is 30.3 Å². The molecule has 0 saturated carbocycles. The molecule has 0 heterocycles. The quantitative estimate of drug-likeness (QED) is 0.572. The van der Waals surface area contributed by atoms with Crippen LogP contribution in [0.2, 0.25) is 19.6 Å². The topological polar surface area (TPSA) is 21.6 Å². The average molecular weight is 233 g/mol. The number of allylic oxidation sites excluding steroid dienone is 1. The average Bonchev–Trinajstić information content (AvgIpc) is 2.24. The van der Waals surface area contributed by atoms with Gasteiger partial charge in [-0.1, -0.05) is 31.4 Å². The Kier molecular flexibility index (Phi) is 4.49. The fraction of sp³-hybridized carbons (Fsp3) is 0.308. The van der Waals surface area contributed by atoms with E-state index in [4.69, 9.17) is 4.74 Å². The van der Waals surface area contributed by atoms with E-state index in [1.165, 1.54) is 0 Å². The highest BCUT2D eigenvalue weighted by Crippen LogP contribution is 2.17. The second-order valence-electron chi connectivity index (χ2n) is 4.70. The maximum atomic E-state index is 5.08. The molecule has 1 aromatic carbocycles. The first-order valence-electron chi connectivity index (χ1n) is 5.37. The van der Waals surface area contributed by atoms with Gasteiger partial charge in [0, 0.05) is 6.21 Å². The lowest BCUT2D eigenvalue weighted by Crippen LogP contribution is -2.15. The van der Waals surface area contributed by atoms with Gasteiger partial charge in [0.05, 0.1) is 20.9 Å². The molecule has 1 rings (SSSR count). The van der Waals surface area contributed by atoms with Gasteiger partial charge in [-0.3, -0.25) is 4.99 Å². The van der Waals surface area contributed by atoms with E-state index in [1.807, 2.05) is 36.6 Å². The van der Waals surface area contributed by atoms with Gasteiger partial charge >= 0.3 is 0 Å². The number of rotatable bonds is 4. The lowest BCUT2D eigenvalue weighted by Gasteiger charge is -2.06. The first kappa shape index (κ1) is 12.7. The number of nitrogens with zero attached hydrogens (tertiary/aromatic N) is 1. The van der Waals surface area contributed by atoms with Gasteiger partial charge in [-0.2, -0.15) is 0 Å². The van der Waals surface area contributed by atoms with Crippen molar-refractivity contribution in [2.24, 2.45) is 4.99 Å². The molecule has 86 valence electrons. The third kappa shape index (κ3) is 4.93. The van der Waals surface area contributed by atoms with Crippen LogP contribution in [-0.4, -0.2) is 21.4 Å². The zero-order chi connectivity index (χ0) is 12.0. The van der Waals surface area contributed by atoms with Crippen molar-refractivity contribution in [2.45, 2.75) is 19.6 Å². The molecular formula is C13H19NOSi. The van der Waals surface area contributed by atoms with E-state index < -0.39 is 8.07 Å². The molecule has 0 N–H and O–H groups in total. The summed E-state index contributed by atoms with van der Waals surface area (Å²) in [7, 11) is 0.560. The number of ether oxygens (including phenoxy) is 1. The van der Waals surface area contributed by atoms with Gasteiger partial charge in [-0.25, -0.2) is 0 Å². The molecule has 2 nitrogen and oxygen atoms in total. The highest BCUT2D eigenvalue weighted by molar-refractivity contribution is 6.81. The minimum absolute atomic E-state index is 0.858. The van der Waals surface area contributed by atoms with Crippen molar-refractivity contribution in [3.05, 3.63) is 36.0 Å². The zero-order valence-electron chi connectivity index (χ0n) is 10.4. The van der Waals surface area contributed by atoms with Crippen LogP contribution in [0, 0.1) is 0 Å². The monoisotopic (exact) mass is 233 g/mol. The van der Waals surface area contributed by atoms with Gasteiger partial charge in [-0.15, -0.1) is 0 Å². The van der Waals surface area contributed by atoms with Crippen LogP contribution in [-0.2, 0) is 0 Å². The van der Waals surface area contributed by atoms with Crippen LogP contribution in [0.25, 0.3) is 0 Å². The summed E-state index contributed by atoms with van der Waals surface area (Å²) in [5.74, 6) is 0.858. The third-order valence-electron chi connectivity index (χ3n) is 1.98. The number of methoxy groups -OCH3 is 1. The zero-order valence-corrected chi connectivity index (χ0v) is 11.4. The Labute approximate surface area is 98.7 Å². The van der Waals surface area contributed by atoms with Crippen LogP contribution in [0.15, 0.2) is 41.0 Å². The van der Waals surface area contributed by atoms with Crippen molar-refractivity contribution in [3.63, 3.8) is 0 Å². The lowest BCUT2D eigenvalue weighted by atomic mass is 10.3. The molecule has 0 spiro atoms. The van der Waals surface area contributed by atoms with E-state index in [0.29, 0.717) is 0 Å². The van der Waals surface area contributed by atoms with Crippen LogP contribution in [0.5, 0.6) is 5.75 Å². The number of hydrogen-bond acceptors (Lipinski definition) is 2. The normalized spacial score (nSPS) is 12.5. The van der Waals surface area contributed by atoms with Gasteiger partial charge in [0.15, 0.2) is 0 Å². The van der Waals surface area contributed by atoms with Crippen LogP contribution < -0.4 is 4.74 Å². The van der Waals surface area contributed by atoms with Gasteiger partial charge in [0.1, 0.15) is 5.75 Å². The Balaban J connectivity index is 2.60. The van der Waals surface area contributed by atoms with Crippen LogP contribution in [0.3, 0.4) is 0 Å². The minimum Gasteiger partial charge on any atom is -0.497 e. The molecule has 0 amide bonds. The second kappa shape index (κ2) is 5.65. The van der Waals surface area contributed by atoms with Crippen LogP contribution in [0.1, 0.15) is 0 Å².